The summed E-state index contributed by atoms with van der Waals surface area (Å²) in [6.45, 7) is 1.50. The average Bonchev–Trinajstić information content (AvgIpc) is 2.74. The van der Waals surface area contributed by atoms with Crippen molar-refractivity contribution in [3.63, 3.8) is 0 Å². The van der Waals surface area contributed by atoms with Crippen molar-refractivity contribution in [2.24, 2.45) is 0 Å². The van der Waals surface area contributed by atoms with E-state index in [2.05, 4.69) is 24.3 Å². The van der Waals surface area contributed by atoms with Gasteiger partial charge in [-0.2, -0.15) is 0 Å². The monoisotopic (exact) mass is 202 g/mol. The molecule has 0 N–H and O–H groups in total. The van der Waals surface area contributed by atoms with Gasteiger partial charge in [-0.1, -0.05) is 24.3 Å². The molecule has 0 radical (unpaired) electrons. The molecule has 1 saturated carbocycles. The van der Waals surface area contributed by atoms with Crippen LogP contribution in [0.1, 0.15) is 42.7 Å². The molecule has 78 valence electrons. The van der Waals surface area contributed by atoms with Crippen LogP contribution in [0.4, 0.5) is 0 Å². The van der Waals surface area contributed by atoms with E-state index in [9.17, 15) is 4.79 Å². The second-order valence-electron chi connectivity index (χ2n) is 4.49. The highest BCUT2D eigenvalue weighted by molar-refractivity contribution is 5.67. The SMILES string of the molecule is CC(=O)OC1C2CCC1c1ccccc12. The summed E-state index contributed by atoms with van der Waals surface area (Å²) in [4.78, 5) is 11.0. The van der Waals surface area contributed by atoms with Gasteiger partial charge in [-0.25, -0.2) is 0 Å². The molecular formula is C13H14O2. The summed E-state index contributed by atoms with van der Waals surface area (Å²) in [6, 6.07) is 8.50. The summed E-state index contributed by atoms with van der Waals surface area (Å²) in [5.41, 5.74) is 2.81. The maximum Gasteiger partial charge on any atom is 0.302 e. The van der Waals surface area contributed by atoms with Crippen molar-refractivity contribution < 1.29 is 9.53 Å². The van der Waals surface area contributed by atoms with Crippen LogP contribution in [0.3, 0.4) is 0 Å². The first-order valence-corrected chi connectivity index (χ1v) is 5.53. The molecule has 0 heterocycles. The molecule has 2 nitrogen and oxygen atoms in total. The minimum atomic E-state index is -0.148. The van der Waals surface area contributed by atoms with Crippen LogP contribution in [0.25, 0.3) is 0 Å². The normalized spacial score (nSPS) is 31.4. The quantitative estimate of drug-likeness (QED) is 0.654. The molecule has 1 aromatic carbocycles. The summed E-state index contributed by atoms with van der Waals surface area (Å²) in [6.07, 6.45) is 2.44. The number of fused-ring (bicyclic) bond motifs is 5. The van der Waals surface area contributed by atoms with Gasteiger partial charge in [0.2, 0.25) is 0 Å². The number of benzene rings is 1. The Morgan fingerprint density at radius 1 is 1.20 bits per heavy atom. The Balaban J connectivity index is 1.98. The lowest BCUT2D eigenvalue weighted by molar-refractivity contribution is -0.146. The second-order valence-corrected chi connectivity index (χ2v) is 4.49. The van der Waals surface area contributed by atoms with Crippen molar-refractivity contribution >= 4 is 5.97 Å². The molecule has 0 aromatic heterocycles. The molecule has 2 aliphatic rings. The summed E-state index contributed by atoms with van der Waals surface area (Å²) in [7, 11) is 0. The summed E-state index contributed by atoms with van der Waals surface area (Å²) in [5, 5.41) is 0. The van der Waals surface area contributed by atoms with Crippen LogP contribution >= 0.6 is 0 Å². The van der Waals surface area contributed by atoms with Gasteiger partial charge in [0.15, 0.2) is 0 Å². The van der Waals surface area contributed by atoms with Crippen molar-refractivity contribution in [1.29, 1.82) is 0 Å². The first kappa shape index (κ1) is 8.96. The zero-order valence-electron chi connectivity index (χ0n) is 8.77. The predicted octanol–water partition coefficient (Wildman–Crippen LogP) is 2.59. The molecule has 1 fully saturated rings. The number of hydrogen-bond acceptors (Lipinski definition) is 2. The number of ether oxygens (including phenoxy) is 1. The van der Waals surface area contributed by atoms with Crippen molar-refractivity contribution in [3.8, 4) is 0 Å². The van der Waals surface area contributed by atoms with Crippen LogP contribution in [0, 0.1) is 0 Å². The fraction of sp³-hybridized carbons (Fsp3) is 0.462. The smallest absolute Gasteiger partial charge is 0.302 e. The summed E-state index contributed by atoms with van der Waals surface area (Å²) in [5.74, 6) is 0.759. The van der Waals surface area contributed by atoms with E-state index >= 15 is 0 Å². The zero-order valence-corrected chi connectivity index (χ0v) is 8.77. The van der Waals surface area contributed by atoms with Crippen LogP contribution in [-0.2, 0) is 9.53 Å². The van der Waals surface area contributed by atoms with E-state index in [0.717, 1.165) is 0 Å². The lowest BCUT2D eigenvalue weighted by Gasteiger charge is -2.15. The molecule has 0 spiro atoms. The molecule has 2 heteroatoms. The van der Waals surface area contributed by atoms with Crippen LogP contribution in [0.5, 0.6) is 0 Å². The van der Waals surface area contributed by atoms with Gasteiger partial charge in [0.1, 0.15) is 6.10 Å². The Morgan fingerprint density at radius 2 is 1.73 bits per heavy atom. The zero-order chi connectivity index (χ0) is 10.4. The van der Waals surface area contributed by atoms with Crippen LogP contribution < -0.4 is 0 Å². The molecule has 2 bridgehead atoms. The number of rotatable bonds is 1. The maximum atomic E-state index is 11.0. The van der Waals surface area contributed by atoms with E-state index in [0.29, 0.717) is 11.8 Å². The van der Waals surface area contributed by atoms with Gasteiger partial charge in [0.05, 0.1) is 0 Å². The van der Waals surface area contributed by atoms with Crippen molar-refractivity contribution in [3.05, 3.63) is 35.4 Å². The van der Waals surface area contributed by atoms with Crippen molar-refractivity contribution in [1.82, 2.24) is 0 Å². The second kappa shape index (κ2) is 3.09. The Labute approximate surface area is 89.2 Å². The molecule has 1 aromatic rings. The van der Waals surface area contributed by atoms with Gasteiger partial charge in [-0.3, -0.25) is 4.79 Å². The first-order valence-electron chi connectivity index (χ1n) is 5.53. The van der Waals surface area contributed by atoms with E-state index < -0.39 is 0 Å². The van der Waals surface area contributed by atoms with Crippen molar-refractivity contribution in [2.45, 2.75) is 37.7 Å². The highest BCUT2D eigenvalue weighted by Gasteiger charge is 2.47. The van der Waals surface area contributed by atoms with E-state index in [-0.39, 0.29) is 12.1 Å². The van der Waals surface area contributed by atoms with E-state index in [1.807, 2.05) is 0 Å². The molecule has 15 heavy (non-hydrogen) atoms. The highest BCUT2D eigenvalue weighted by Crippen LogP contribution is 2.54. The topological polar surface area (TPSA) is 26.3 Å². The number of carbonyl (C=O) groups excluding carboxylic acids is 1. The van der Waals surface area contributed by atoms with E-state index in [1.54, 1.807) is 0 Å². The van der Waals surface area contributed by atoms with Gasteiger partial charge in [-0.05, 0) is 24.0 Å². The molecule has 2 aliphatic carbocycles. The van der Waals surface area contributed by atoms with Crippen LogP contribution in [0.2, 0.25) is 0 Å². The number of hydrogen-bond donors (Lipinski definition) is 0. The summed E-state index contributed by atoms with van der Waals surface area (Å²) >= 11 is 0. The fourth-order valence-corrected chi connectivity index (χ4v) is 3.18. The average molecular weight is 202 g/mol. The van der Waals surface area contributed by atoms with Crippen LogP contribution in [0.15, 0.2) is 24.3 Å². The molecule has 2 unspecified atom stereocenters. The third-order valence-corrected chi connectivity index (χ3v) is 3.68. The Bertz CT molecular complexity index is 380. The first-order chi connectivity index (χ1) is 7.27. The minimum Gasteiger partial charge on any atom is -0.461 e. The maximum absolute atomic E-state index is 11.0. The van der Waals surface area contributed by atoms with Gasteiger partial charge >= 0.3 is 5.97 Å². The summed E-state index contributed by atoms with van der Waals surface area (Å²) < 4.78 is 5.44. The molecule has 0 amide bonds. The predicted molar refractivity (Wildman–Crippen MR) is 56.7 cm³/mol. The van der Waals surface area contributed by atoms with Gasteiger partial charge in [-0.15, -0.1) is 0 Å². The van der Waals surface area contributed by atoms with Gasteiger partial charge in [0, 0.05) is 18.8 Å². The molecule has 3 rings (SSSR count). The van der Waals surface area contributed by atoms with Gasteiger partial charge < -0.3 is 4.74 Å². The Morgan fingerprint density at radius 3 is 2.20 bits per heavy atom. The molecule has 0 aliphatic heterocycles. The van der Waals surface area contributed by atoms with Crippen LogP contribution in [-0.4, -0.2) is 12.1 Å². The number of carbonyl (C=O) groups is 1. The molecule has 0 saturated heterocycles. The standard InChI is InChI=1S/C13H14O2/c1-8(14)15-13-11-6-7-12(13)10-5-3-2-4-9(10)11/h2-5,11-13H,6-7H2,1H3. The largest absolute Gasteiger partial charge is 0.461 e. The minimum absolute atomic E-state index is 0.111. The number of esters is 1. The molecule has 2 atom stereocenters. The van der Waals surface area contributed by atoms with Crippen molar-refractivity contribution in [2.75, 3.05) is 0 Å². The van der Waals surface area contributed by atoms with Gasteiger partial charge in [0.25, 0.3) is 0 Å². The van der Waals surface area contributed by atoms with E-state index in [1.165, 1.54) is 30.9 Å². The highest BCUT2D eigenvalue weighted by atomic mass is 16.5. The molecular weight excluding hydrogens is 188 g/mol. The fourth-order valence-electron chi connectivity index (χ4n) is 3.18. The van der Waals surface area contributed by atoms with E-state index in [4.69, 9.17) is 4.74 Å². The Hall–Kier alpha value is -1.31. The third kappa shape index (κ3) is 1.21. The Kier molecular flexibility index (Phi) is 1.84. The lowest BCUT2D eigenvalue weighted by atomic mass is 9.92. The third-order valence-electron chi connectivity index (χ3n) is 3.68. The lowest BCUT2D eigenvalue weighted by Crippen LogP contribution is -2.18.